The van der Waals surface area contributed by atoms with Crippen molar-refractivity contribution in [3.05, 3.63) is 33.7 Å². The molecule has 0 amide bonds. The number of alkyl halides is 3. The Morgan fingerprint density at radius 1 is 1.28 bits per heavy atom. The lowest BCUT2D eigenvalue weighted by Crippen LogP contribution is -2.12. The third-order valence-corrected chi connectivity index (χ3v) is 3.20. The summed E-state index contributed by atoms with van der Waals surface area (Å²) in [5.41, 5.74) is 4.24. The highest BCUT2D eigenvalue weighted by Crippen LogP contribution is 2.36. The van der Waals surface area contributed by atoms with Gasteiger partial charge in [0.05, 0.1) is 9.99 Å². The van der Waals surface area contributed by atoms with Crippen LogP contribution in [0, 0.1) is 12.7 Å². The Bertz CT molecular complexity index is 637. The fraction of sp³-hybridized carbons (Fsp3) is 0.182. The fourth-order valence-electron chi connectivity index (χ4n) is 1.65. The Morgan fingerprint density at radius 2 is 1.89 bits per heavy atom. The highest BCUT2D eigenvalue weighted by atomic mass is 79.9. The average Bonchev–Trinajstić information content (AvgIpc) is 2.25. The van der Waals surface area contributed by atoms with Gasteiger partial charge in [-0.2, -0.15) is 13.2 Å². The van der Waals surface area contributed by atoms with Crippen molar-refractivity contribution in [2.24, 2.45) is 0 Å². The van der Waals surface area contributed by atoms with Crippen molar-refractivity contribution in [2.75, 3.05) is 5.73 Å². The molecule has 0 atom stereocenters. The number of pyridine rings is 1. The highest BCUT2D eigenvalue weighted by molar-refractivity contribution is 9.10. The number of hydrogen-bond donors (Lipinski definition) is 1. The zero-order valence-electron chi connectivity index (χ0n) is 9.07. The van der Waals surface area contributed by atoms with E-state index in [0.717, 1.165) is 6.07 Å². The van der Waals surface area contributed by atoms with Crippen LogP contribution in [0.1, 0.15) is 11.3 Å². The Morgan fingerprint density at radius 3 is 2.44 bits per heavy atom. The molecule has 0 saturated heterocycles. The minimum Gasteiger partial charge on any atom is -0.398 e. The number of anilines is 1. The van der Waals surface area contributed by atoms with E-state index in [1.54, 1.807) is 0 Å². The summed E-state index contributed by atoms with van der Waals surface area (Å²) >= 11 is 2.95. The molecule has 1 heterocycles. The molecule has 0 radical (unpaired) electrons. The number of nitrogens with zero attached hydrogens (tertiary/aromatic N) is 1. The van der Waals surface area contributed by atoms with Gasteiger partial charge in [0.2, 0.25) is 0 Å². The van der Waals surface area contributed by atoms with E-state index in [-0.39, 0.29) is 26.6 Å². The summed E-state index contributed by atoms with van der Waals surface area (Å²) in [5, 5.41) is 0.286. The molecule has 0 spiro atoms. The van der Waals surface area contributed by atoms with Gasteiger partial charge < -0.3 is 5.73 Å². The maximum absolute atomic E-state index is 13.3. The SMILES string of the molecule is Cc1c(C(F)(F)F)nc2cc(F)c(Br)cc2c1N. The first-order chi connectivity index (χ1) is 8.21. The molecule has 0 bridgehead atoms. The second-order valence-corrected chi connectivity index (χ2v) is 4.63. The minimum atomic E-state index is -4.62. The molecule has 0 fully saturated rings. The Labute approximate surface area is 108 Å². The summed E-state index contributed by atoms with van der Waals surface area (Å²) in [6, 6.07) is 2.24. The van der Waals surface area contributed by atoms with Crippen LogP contribution in [0.15, 0.2) is 16.6 Å². The van der Waals surface area contributed by atoms with Gasteiger partial charge >= 0.3 is 6.18 Å². The van der Waals surface area contributed by atoms with Gasteiger partial charge in [0, 0.05) is 22.7 Å². The van der Waals surface area contributed by atoms with Gasteiger partial charge in [-0.15, -0.1) is 0 Å². The molecule has 7 heteroatoms. The fourth-order valence-corrected chi connectivity index (χ4v) is 2.00. The third-order valence-electron chi connectivity index (χ3n) is 2.59. The topological polar surface area (TPSA) is 38.9 Å². The number of halogens is 5. The quantitative estimate of drug-likeness (QED) is 0.743. The van der Waals surface area contributed by atoms with Crippen molar-refractivity contribution in [3.8, 4) is 0 Å². The predicted octanol–water partition coefficient (Wildman–Crippen LogP) is 4.05. The monoisotopic (exact) mass is 322 g/mol. The van der Waals surface area contributed by atoms with E-state index in [9.17, 15) is 17.6 Å². The van der Waals surface area contributed by atoms with E-state index in [1.165, 1.54) is 13.0 Å². The Balaban J connectivity index is 2.88. The van der Waals surface area contributed by atoms with E-state index >= 15 is 0 Å². The van der Waals surface area contributed by atoms with Crippen LogP contribution < -0.4 is 5.73 Å². The van der Waals surface area contributed by atoms with Crippen LogP contribution in [0.4, 0.5) is 23.2 Å². The molecule has 2 rings (SSSR count). The van der Waals surface area contributed by atoms with E-state index in [2.05, 4.69) is 20.9 Å². The number of hydrogen-bond acceptors (Lipinski definition) is 2. The summed E-state index contributed by atoms with van der Waals surface area (Å²) in [6.07, 6.45) is -4.62. The summed E-state index contributed by atoms with van der Waals surface area (Å²) in [5.74, 6) is -0.689. The molecular formula is C11H7BrF4N2. The maximum Gasteiger partial charge on any atom is 0.433 e. The van der Waals surface area contributed by atoms with Gasteiger partial charge in [-0.05, 0) is 28.9 Å². The summed E-state index contributed by atoms with van der Waals surface area (Å²) in [4.78, 5) is 3.44. The Kier molecular flexibility index (Phi) is 2.96. The third kappa shape index (κ3) is 2.03. The molecule has 0 aliphatic rings. The molecule has 1 aromatic carbocycles. The van der Waals surface area contributed by atoms with Gasteiger partial charge in [-0.3, -0.25) is 0 Å². The lowest BCUT2D eigenvalue weighted by atomic mass is 10.1. The van der Waals surface area contributed by atoms with Crippen molar-refractivity contribution in [1.29, 1.82) is 0 Å². The minimum absolute atomic E-state index is 0.0481. The van der Waals surface area contributed by atoms with Gasteiger partial charge in [0.15, 0.2) is 0 Å². The number of fused-ring (bicyclic) bond motifs is 1. The number of nitrogen functional groups attached to an aromatic ring is 1. The average molecular weight is 323 g/mol. The standard InChI is InChI=1S/C11H7BrF4N2/c1-4-9(17)5-2-6(12)7(13)3-8(5)18-10(4)11(14,15)16/h2-3H,1H3,(H2,17,18). The number of rotatable bonds is 0. The van der Waals surface area contributed by atoms with Crippen molar-refractivity contribution in [3.63, 3.8) is 0 Å². The predicted molar refractivity (Wildman–Crippen MR) is 63.6 cm³/mol. The zero-order chi connectivity index (χ0) is 13.7. The number of benzene rings is 1. The maximum atomic E-state index is 13.3. The van der Waals surface area contributed by atoms with Crippen LogP contribution in [0.5, 0.6) is 0 Å². The lowest BCUT2D eigenvalue weighted by molar-refractivity contribution is -0.141. The lowest BCUT2D eigenvalue weighted by Gasteiger charge is -2.13. The van der Waals surface area contributed by atoms with Crippen molar-refractivity contribution in [2.45, 2.75) is 13.1 Å². The van der Waals surface area contributed by atoms with Crippen LogP contribution >= 0.6 is 15.9 Å². The summed E-state index contributed by atoms with van der Waals surface area (Å²) < 4.78 is 51.6. The molecule has 2 aromatic rings. The molecule has 96 valence electrons. The van der Waals surface area contributed by atoms with Crippen LogP contribution in [0.25, 0.3) is 10.9 Å². The molecule has 2 nitrogen and oxygen atoms in total. The largest absolute Gasteiger partial charge is 0.433 e. The number of nitrogens with two attached hydrogens (primary N) is 1. The molecule has 1 aromatic heterocycles. The van der Waals surface area contributed by atoms with E-state index in [0.29, 0.717) is 0 Å². The van der Waals surface area contributed by atoms with Crippen molar-refractivity contribution >= 4 is 32.5 Å². The zero-order valence-corrected chi connectivity index (χ0v) is 10.7. The molecule has 18 heavy (non-hydrogen) atoms. The smallest absolute Gasteiger partial charge is 0.398 e. The van der Waals surface area contributed by atoms with Crippen LogP contribution in [-0.4, -0.2) is 4.98 Å². The van der Waals surface area contributed by atoms with Gasteiger partial charge in [-0.1, -0.05) is 0 Å². The highest BCUT2D eigenvalue weighted by Gasteiger charge is 2.35. The van der Waals surface area contributed by atoms with E-state index in [4.69, 9.17) is 5.73 Å². The van der Waals surface area contributed by atoms with Gasteiger partial charge in [0.25, 0.3) is 0 Å². The van der Waals surface area contributed by atoms with Crippen LogP contribution in [-0.2, 0) is 6.18 Å². The van der Waals surface area contributed by atoms with Crippen molar-refractivity contribution in [1.82, 2.24) is 4.98 Å². The summed E-state index contributed by atoms with van der Waals surface area (Å²) in [7, 11) is 0. The molecular weight excluding hydrogens is 316 g/mol. The van der Waals surface area contributed by atoms with Crippen LogP contribution in [0.3, 0.4) is 0 Å². The van der Waals surface area contributed by atoms with E-state index in [1.807, 2.05) is 0 Å². The molecule has 0 unspecified atom stereocenters. The molecule has 0 saturated carbocycles. The second kappa shape index (κ2) is 4.08. The molecule has 2 N–H and O–H groups in total. The second-order valence-electron chi connectivity index (χ2n) is 3.78. The first-order valence-corrected chi connectivity index (χ1v) is 5.63. The van der Waals surface area contributed by atoms with E-state index < -0.39 is 17.7 Å². The van der Waals surface area contributed by atoms with Gasteiger partial charge in [0.1, 0.15) is 11.5 Å². The first-order valence-electron chi connectivity index (χ1n) is 4.84. The first kappa shape index (κ1) is 13.1. The molecule has 0 aliphatic heterocycles. The Hall–Kier alpha value is -1.37. The van der Waals surface area contributed by atoms with Crippen molar-refractivity contribution < 1.29 is 17.6 Å². The number of aromatic nitrogens is 1. The summed E-state index contributed by atoms with van der Waals surface area (Å²) in [6.45, 7) is 1.24. The molecule has 0 aliphatic carbocycles. The normalized spacial score (nSPS) is 12.1. The van der Waals surface area contributed by atoms with Crippen LogP contribution in [0.2, 0.25) is 0 Å². The van der Waals surface area contributed by atoms with Gasteiger partial charge in [-0.25, -0.2) is 9.37 Å².